The van der Waals surface area contributed by atoms with Crippen molar-refractivity contribution in [3.63, 3.8) is 0 Å². The summed E-state index contributed by atoms with van der Waals surface area (Å²) in [4.78, 5) is 17.3. The summed E-state index contributed by atoms with van der Waals surface area (Å²) in [7, 11) is 1.97. The average Bonchev–Trinajstić information content (AvgIpc) is 2.70. The average molecular weight is 228 g/mol. The smallest absolute Gasteiger partial charge is 0.235 e. The predicted octanol–water partition coefficient (Wildman–Crippen LogP) is 0.343. The molecule has 0 aliphatic heterocycles. The molecule has 0 bridgehead atoms. The molecule has 0 aromatic carbocycles. The van der Waals surface area contributed by atoms with Gasteiger partial charge in [-0.25, -0.2) is 10.8 Å². The molecule has 0 fully saturated rings. The molecular formula is C9H16N4OS. The first-order valence-corrected chi connectivity index (χ1v) is 5.64. The van der Waals surface area contributed by atoms with Gasteiger partial charge in [0.05, 0.1) is 11.2 Å². The Balaban J connectivity index is 2.39. The molecule has 3 N–H and O–H groups in total. The summed E-state index contributed by atoms with van der Waals surface area (Å²) < 4.78 is 0. The number of carbonyl (C=O) groups is 1. The highest BCUT2D eigenvalue weighted by atomic mass is 32.1. The maximum atomic E-state index is 11.1. The summed E-state index contributed by atoms with van der Waals surface area (Å²) in [6.45, 7) is 2.74. The van der Waals surface area contributed by atoms with Gasteiger partial charge in [-0.1, -0.05) is 0 Å². The van der Waals surface area contributed by atoms with Gasteiger partial charge in [0.1, 0.15) is 0 Å². The van der Waals surface area contributed by atoms with Gasteiger partial charge in [-0.3, -0.25) is 15.1 Å². The van der Waals surface area contributed by atoms with Crippen molar-refractivity contribution < 1.29 is 4.79 Å². The van der Waals surface area contributed by atoms with Crippen LogP contribution in [0.1, 0.15) is 19.0 Å². The van der Waals surface area contributed by atoms with Gasteiger partial charge in [0.25, 0.3) is 0 Å². The first kappa shape index (κ1) is 12.1. The monoisotopic (exact) mass is 228 g/mol. The highest BCUT2D eigenvalue weighted by Crippen LogP contribution is 2.08. The Labute approximate surface area is 93.3 Å². The maximum Gasteiger partial charge on any atom is 0.235 e. The molecule has 5 nitrogen and oxygen atoms in total. The van der Waals surface area contributed by atoms with Gasteiger partial charge in [-0.05, 0) is 14.0 Å². The quantitative estimate of drug-likeness (QED) is 0.433. The van der Waals surface area contributed by atoms with Gasteiger partial charge in [0.2, 0.25) is 5.91 Å². The molecule has 6 heteroatoms. The zero-order valence-corrected chi connectivity index (χ0v) is 9.75. The van der Waals surface area contributed by atoms with Gasteiger partial charge in [0, 0.05) is 24.4 Å². The second-order valence-corrected chi connectivity index (χ2v) is 4.23. The van der Waals surface area contributed by atoms with E-state index < -0.39 is 0 Å². The number of carbonyl (C=O) groups excluding carboxylic acids is 1. The minimum Gasteiger partial charge on any atom is -0.297 e. The van der Waals surface area contributed by atoms with Crippen LogP contribution in [0.2, 0.25) is 0 Å². The lowest BCUT2D eigenvalue weighted by molar-refractivity contribution is -0.122. The maximum absolute atomic E-state index is 11.1. The second kappa shape index (κ2) is 5.79. The lowest BCUT2D eigenvalue weighted by Crippen LogP contribution is -2.37. The van der Waals surface area contributed by atoms with Crippen LogP contribution in [0.4, 0.5) is 0 Å². The zero-order valence-electron chi connectivity index (χ0n) is 8.93. The van der Waals surface area contributed by atoms with E-state index in [4.69, 9.17) is 5.84 Å². The molecule has 0 aliphatic carbocycles. The number of hydrogen-bond acceptors (Lipinski definition) is 5. The molecule has 84 valence electrons. The van der Waals surface area contributed by atoms with Crippen LogP contribution in [0.5, 0.6) is 0 Å². The third-order valence-electron chi connectivity index (χ3n) is 2.29. The fraction of sp³-hybridized carbons (Fsp3) is 0.556. The minimum atomic E-state index is -0.146. The third kappa shape index (κ3) is 3.94. The van der Waals surface area contributed by atoms with E-state index in [-0.39, 0.29) is 11.9 Å². The summed E-state index contributed by atoms with van der Waals surface area (Å²) >= 11 is 1.57. The van der Waals surface area contributed by atoms with Crippen LogP contribution in [0.15, 0.2) is 10.9 Å². The largest absolute Gasteiger partial charge is 0.297 e. The number of rotatable bonds is 5. The van der Waals surface area contributed by atoms with E-state index in [0.29, 0.717) is 6.42 Å². The number of amides is 1. The number of aromatic nitrogens is 1. The van der Waals surface area contributed by atoms with Crippen molar-refractivity contribution in [2.75, 3.05) is 7.05 Å². The molecule has 1 unspecified atom stereocenters. The fourth-order valence-electron chi connectivity index (χ4n) is 1.21. The molecule has 1 heterocycles. The topological polar surface area (TPSA) is 71.2 Å². The van der Waals surface area contributed by atoms with Crippen LogP contribution in [0.25, 0.3) is 0 Å². The van der Waals surface area contributed by atoms with E-state index in [1.165, 1.54) is 0 Å². The molecule has 0 spiro atoms. The van der Waals surface area contributed by atoms with E-state index in [9.17, 15) is 4.79 Å². The van der Waals surface area contributed by atoms with Gasteiger partial charge in [0.15, 0.2) is 0 Å². The SMILES string of the molecule is CC(CC(=O)NN)N(C)Cc1cscn1. The Morgan fingerprint density at radius 2 is 2.53 bits per heavy atom. The number of hydrazine groups is 1. The minimum absolute atomic E-state index is 0.146. The number of nitrogens with two attached hydrogens (primary N) is 1. The first-order valence-electron chi connectivity index (χ1n) is 4.70. The molecule has 1 rings (SSSR count). The molecule has 1 aromatic heterocycles. The summed E-state index contributed by atoms with van der Waals surface area (Å²) in [5.74, 6) is 4.88. The lowest BCUT2D eigenvalue weighted by Gasteiger charge is -2.22. The third-order valence-corrected chi connectivity index (χ3v) is 2.92. The summed E-state index contributed by atoms with van der Waals surface area (Å²) in [5.41, 5.74) is 4.97. The molecule has 0 saturated heterocycles. The van der Waals surface area contributed by atoms with Gasteiger partial charge in [-0.15, -0.1) is 11.3 Å². The Morgan fingerprint density at radius 1 is 1.80 bits per heavy atom. The predicted molar refractivity (Wildman–Crippen MR) is 60.0 cm³/mol. The van der Waals surface area contributed by atoms with E-state index in [1.54, 1.807) is 16.8 Å². The second-order valence-electron chi connectivity index (χ2n) is 3.52. The van der Waals surface area contributed by atoms with Crippen molar-refractivity contribution in [1.29, 1.82) is 0 Å². The van der Waals surface area contributed by atoms with E-state index >= 15 is 0 Å². The molecule has 0 radical (unpaired) electrons. The lowest BCUT2D eigenvalue weighted by atomic mass is 10.2. The zero-order chi connectivity index (χ0) is 11.3. The number of nitrogens with zero attached hydrogens (tertiary/aromatic N) is 2. The Morgan fingerprint density at radius 3 is 3.07 bits per heavy atom. The molecule has 15 heavy (non-hydrogen) atoms. The Bertz CT molecular complexity index is 301. The van der Waals surface area contributed by atoms with Crippen LogP contribution in [0, 0.1) is 0 Å². The van der Waals surface area contributed by atoms with Crippen molar-refractivity contribution in [3.8, 4) is 0 Å². The van der Waals surface area contributed by atoms with Gasteiger partial charge < -0.3 is 0 Å². The highest BCUT2D eigenvalue weighted by Gasteiger charge is 2.13. The van der Waals surface area contributed by atoms with Crippen molar-refractivity contribution in [2.24, 2.45) is 5.84 Å². The van der Waals surface area contributed by atoms with Crippen molar-refractivity contribution in [1.82, 2.24) is 15.3 Å². The van der Waals surface area contributed by atoms with Crippen LogP contribution >= 0.6 is 11.3 Å². The van der Waals surface area contributed by atoms with Crippen LogP contribution in [0.3, 0.4) is 0 Å². The fourth-order valence-corrected chi connectivity index (χ4v) is 1.76. The molecule has 1 aromatic rings. The summed E-state index contributed by atoms with van der Waals surface area (Å²) in [5, 5.41) is 2.01. The van der Waals surface area contributed by atoms with Crippen molar-refractivity contribution in [2.45, 2.75) is 25.9 Å². The number of nitrogens with one attached hydrogen (secondary N) is 1. The molecule has 0 aliphatic rings. The first-order chi connectivity index (χ1) is 7.13. The normalized spacial score (nSPS) is 12.8. The molecular weight excluding hydrogens is 212 g/mol. The molecule has 1 atom stereocenters. The van der Waals surface area contributed by atoms with E-state index in [1.807, 2.05) is 19.4 Å². The number of thiazole rings is 1. The van der Waals surface area contributed by atoms with E-state index in [2.05, 4.69) is 15.3 Å². The highest BCUT2D eigenvalue weighted by molar-refractivity contribution is 7.07. The summed E-state index contributed by atoms with van der Waals surface area (Å²) in [6.07, 6.45) is 0.400. The van der Waals surface area contributed by atoms with Gasteiger partial charge in [-0.2, -0.15) is 0 Å². The molecule has 0 saturated carbocycles. The van der Waals surface area contributed by atoms with Crippen molar-refractivity contribution >= 4 is 17.2 Å². The van der Waals surface area contributed by atoms with Crippen LogP contribution in [-0.2, 0) is 11.3 Å². The van der Waals surface area contributed by atoms with Crippen LogP contribution in [-0.4, -0.2) is 28.9 Å². The summed E-state index contributed by atoms with van der Waals surface area (Å²) in [6, 6.07) is 0.148. The Kier molecular flexibility index (Phi) is 4.67. The molecule has 1 amide bonds. The van der Waals surface area contributed by atoms with E-state index in [0.717, 1.165) is 12.2 Å². The van der Waals surface area contributed by atoms with Crippen LogP contribution < -0.4 is 11.3 Å². The number of hydrogen-bond donors (Lipinski definition) is 2. The standard InChI is InChI=1S/C9H16N4OS/c1-7(3-9(14)12-10)13(2)4-8-5-15-6-11-8/h5-7H,3-4,10H2,1-2H3,(H,12,14). The van der Waals surface area contributed by atoms with Crippen molar-refractivity contribution in [3.05, 3.63) is 16.6 Å². The Hall–Kier alpha value is -0.980. The van der Waals surface area contributed by atoms with Gasteiger partial charge >= 0.3 is 0 Å².